The first-order valence-corrected chi connectivity index (χ1v) is 11.5. The molecule has 3 heterocycles. The van der Waals surface area contributed by atoms with E-state index in [9.17, 15) is 0 Å². The van der Waals surface area contributed by atoms with Gasteiger partial charge in [0.2, 0.25) is 0 Å². The number of aromatic nitrogens is 2. The number of pyridine rings is 1. The van der Waals surface area contributed by atoms with Crippen molar-refractivity contribution in [3.63, 3.8) is 0 Å². The average Bonchev–Trinajstić information content (AvgIpc) is 3.48. The number of anilines is 1. The molecule has 4 aromatic rings. The van der Waals surface area contributed by atoms with Crippen LogP contribution < -0.4 is 19.7 Å². The third-order valence-corrected chi connectivity index (χ3v) is 6.46. The van der Waals surface area contributed by atoms with E-state index in [4.69, 9.17) is 33.3 Å². The molecular formula is C26H23ClN4O2S. The maximum atomic E-state index is 6.32. The van der Waals surface area contributed by atoms with E-state index in [0.717, 1.165) is 22.8 Å². The Kier molecular flexibility index (Phi) is 6.13. The van der Waals surface area contributed by atoms with Crippen LogP contribution >= 0.6 is 23.8 Å². The van der Waals surface area contributed by atoms with E-state index in [2.05, 4.69) is 25.8 Å². The topological polar surface area (TPSA) is 51.5 Å². The number of rotatable bonds is 6. The smallest absolute Gasteiger partial charge is 0.174 e. The summed E-state index contributed by atoms with van der Waals surface area (Å²) in [5.74, 6) is 1.37. The van der Waals surface area contributed by atoms with Crippen LogP contribution in [0, 0.1) is 0 Å². The van der Waals surface area contributed by atoms with Gasteiger partial charge in [0.15, 0.2) is 5.11 Å². The number of nitrogens with zero attached hydrogens (tertiary/aromatic N) is 3. The second kappa shape index (κ2) is 9.37. The Balaban J connectivity index is 1.69. The Morgan fingerprint density at radius 1 is 0.971 bits per heavy atom. The first-order chi connectivity index (χ1) is 16.6. The molecule has 1 N–H and O–H groups in total. The minimum Gasteiger partial charge on any atom is -0.497 e. The fourth-order valence-corrected chi connectivity index (χ4v) is 4.92. The fourth-order valence-electron chi connectivity index (χ4n) is 4.39. The molecule has 2 aromatic carbocycles. The van der Waals surface area contributed by atoms with Gasteiger partial charge in [-0.15, -0.1) is 0 Å². The lowest BCUT2D eigenvalue weighted by atomic mass is 10.0. The van der Waals surface area contributed by atoms with Crippen molar-refractivity contribution in [3.05, 3.63) is 102 Å². The number of halogens is 1. The zero-order chi connectivity index (χ0) is 23.7. The molecule has 0 radical (unpaired) electrons. The molecule has 6 nitrogen and oxygen atoms in total. The van der Waals surface area contributed by atoms with E-state index < -0.39 is 0 Å². The summed E-state index contributed by atoms with van der Waals surface area (Å²) in [5.41, 5.74) is 3.72. The molecular weight excluding hydrogens is 468 g/mol. The highest BCUT2D eigenvalue weighted by Gasteiger charge is 2.43. The van der Waals surface area contributed by atoms with Gasteiger partial charge in [-0.2, -0.15) is 0 Å². The maximum absolute atomic E-state index is 6.32. The molecule has 5 rings (SSSR count). The Bertz CT molecular complexity index is 1330. The molecule has 1 saturated heterocycles. The molecule has 34 heavy (non-hydrogen) atoms. The van der Waals surface area contributed by atoms with Crippen molar-refractivity contribution in [2.24, 2.45) is 0 Å². The highest BCUT2D eigenvalue weighted by atomic mass is 35.5. The highest BCUT2D eigenvalue weighted by molar-refractivity contribution is 7.80. The summed E-state index contributed by atoms with van der Waals surface area (Å²) >= 11 is 12.2. The van der Waals surface area contributed by atoms with Crippen LogP contribution in [0.25, 0.3) is 5.69 Å². The lowest BCUT2D eigenvalue weighted by Gasteiger charge is -2.30. The average molecular weight is 491 g/mol. The number of nitrogens with one attached hydrogen (secondary N) is 1. The van der Waals surface area contributed by atoms with Crippen molar-refractivity contribution in [2.75, 3.05) is 19.1 Å². The summed E-state index contributed by atoms with van der Waals surface area (Å²) in [5, 5.41) is 4.76. The van der Waals surface area contributed by atoms with Gasteiger partial charge < -0.3 is 24.3 Å². The Labute approximate surface area is 208 Å². The fraction of sp³-hybridized carbons (Fsp3) is 0.154. The lowest BCUT2D eigenvalue weighted by molar-refractivity contribution is 0.394. The Morgan fingerprint density at radius 2 is 1.85 bits per heavy atom. The lowest BCUT2D eigenvalue weighted by Crippen LogP contribution is -2.30. The number of methoxy groups -OCH3 is 2. The monoisotopic (exact) mass is 490 g/mol. The third kappa shape index (κ3) is 3.97. The van der Waals surface area contributed by atoms with Crippen LogP contribution in [0.1, 0.15) is 23.5 Å². The second-order valence-corrected chi connectivity index (χ2v) is 8.64. The van der Waals surface area contributed by atoms with Crippen molar-refractivity contribution in [1.29, 1.82) is 0 Å². The SMILES string of the molecule is COc1ccc(N2C(=S)N[C@H](c3ccccn3)[C@@H]2c2cccn2-c2cccc(Cl)c2)c(OC)c1. The summed E-state index contributed by atoms with van der Waals surface area (Å²) < 4.78 is 13.3. The summed E-state index contributed by atoms with van der Waals surface area (Å²) in [7, 11) is 3.28. The minimum absolute atomic E-state index is 0.187. The first kappa shape index (κ1) is 22.3. The largest absolute Gasteiger partial charge is 0.497 e. The van der Waals surface area contributed by atoms with Gasteiger partial charge in [0.05, 0.1) is 31.6 Å². The molecule has 0 amide bonds. The predicted molar refractivity (Wildman–Crippen MR) is 138 cm³/mol. The predicted octanol–water partition coefficient (Wildman–Crippen LogP) is 5.72. The van der Waals surface area contributed by atoms with Crippen molar-refractivity contribution < 1.29 is 9.47 Å². The van der Waals surface area contributed by atoms with E-state index in [1.165, 1.54) is 0 Å². The van der Waals surface area contributed by atoms with Crippen LogP contribution in [0.15, 0.2) is 85.2 Å². The summed E-state index contributed by atoms with van der Waals surface area (Å²) in [4.78, 5) is 6.73. The number of thiocarbonyl (C=S) groups is 1. The van der Waals surface area contributed by atoms with Gasteiger partial charge in [-0.25, -0.2) is 0 Å². The molecule has 0 saturated carbocycles. The van der Waals surface area contributed by atoms with E-state index in [1.807, 2.05) is 72.9 Å². The molecule has 0 spiro atoms. The number of ether oxygens (including phenoxy) is 2. The third-order valence-electron chi connectivity index (χ3n) is 5.91. The van der Waals surface area contributed by atoms with Gasteiger partial charge in [0.1, 0.15) is 17.5 Å². The van der Waals surface area contributed by atoms with Crippen LogP contribution in [0.2, 0.25) is 5.02 Å². The van der Waals surface area contributed by atoms with Crippen molar-refractivity contribution in [2.45, 2.75) is 12.1 Å². The molecule has 1 aliphatic heterocycles. The van der Waals surface area contributed by atoms with Gasteiger partial charge in [-0.1, -0.05) is 23.7 Å². The number of hydrogen-bond donors (Lipinski definition) is 1. The van der Waals surface area contributed by atoms with Crippen LogP contribution in [-0.2, 0) is 0 Å². The molecule has 1 aliphatic rings. The normalized spacial score (nSPS) is 17.5. The van der Waals surface area contributed by atoms with Crippen molar-refractivity contribution in [1.82, 2.24) is 14.9 Å². The van der Waals surface area contributed by atoms with Gasteiger partial charge in [0.25, 0.3) is 0 Å². The Hall–Kier alpha value is -3.55. The summed E-state index contributed by atoms with van der Waals surface area (Å²) in [6, 6.07) is 23.1. The number of hydrogen-bond acceptors (Lipinski definition) is 4. The molecule has 172 valence electrons. The second-order valence-electron chi connectivity index (χ2n) is 7.82. The molecule has 0 unspecified atom stereocenters. The van der Waals surface area contributed by atoms with E-state index in [1.54, 1.807) is 20.4 Å². The van der Waals surface area contributed by atoms with Gasteiger partial charge in [-0.3, -0.25) is 4.98 Å². The molecule has 8 heteroatoms. The summed E-state index contributed by atoms with van der Waals surface area (Å²) in [6.45, 7) is 0. The zero-order valence-corrected chi connectivity index (χ0v) is 20.3. The van der Waals surface area contributed by atoms with Gasteiger partial charge >= 0.3 is 0 Å². The number of benzene rings is 2. The maximum Gasteiger partial charge on any atom is 0.174 e. The van der Waals surface area contributed by atoms with Crippen LogP contribution in [0.5, 0.6) is 11.5 Å². The van der Waals surface area contributed by atoms with Crippen molar-refractivity contribution in [3.8, 4) is 17.2 Å². The van der Waals surface area contributed by atoms with E-state index >= 15 is 0 Å². The zero-order valence-electron chi connectivity index (χ0n) is 18.7. The van der Waals surface area contributed by atoms with Crippen LogP contribution in [0.4, 0.5) is 5.69 Å². The van der Waals surface area contributed by atoms with E-state index in [-0.39, 0.29) is 12.1 Å². The van der Waals surface area contributed by atoms with Gasteiger partial charge in [-0.05, 0) is 66.8 Å². The minimum atomic E-state index is -0.210. The molecule has 2 aromatic heterocycles. The standard InChI is InChI=1S/C26H23ClN4O2S/c1-32-19-11-12-21(23(16-19)33-2)31-25(24(29-26(31)34)20-9-3-4-13-28-20)22-10-6-14-30(22)18-8-5-7-17(27)15-18/h3-16,24-25H,1-2H3,(H,29,34)/t24-,25+/m1/s1. The van der Waals surface area contributed by atoms with Gasteiger partial charge in [0, 0.05) is 34.9 Å². The van der Waals surface area contributed by atoms with Crippen LogP contribution in [0.3, 0.4) is 0 Å². The van der Waals surface area contributed by atoms with Crippen molar-refractivity contribution >= 4 is 34.6 Å². The van der Waals surface area contributed by atoms with E-state index in [0.29, 0.717) is 21.6 Å². The molecule has 0 aliphatic carbocycles. The summed E-state index contributed by atoms with van der Waals surface area (Å²) in [6.07, 6.45) is 3.82. The quantitative estimate of drug-likeness (QED) is 0.349. The molecule has 0 bridgehead atoms. The molecule has 2 atom stereocenters. The highest BCUT2D eigenvalue weighted by Crippen LogP contribution is 2.45. The van der Waals surface area contributed by atoms with Crippen LogP contribution in [-0.4, -0.2) is 28.9 Å². The molecule has 1 fully saturated rings. The Morgan fingerprint density at radius 3 is 2.59 bits per heavy atom. The first-order valence-electron chi connectivity index (χ1n) is 10.8.